The molecule has 2 aliphatic carbocycles. The van der Waals surface area contributed by atoms with E-state index in [4.69, 9.17) is 0 Å². The highest BCUT2D eigenvalue weighted by molar-refractivity contribution is 5.26. The van der Waals surface area contributed by atoms with Gasteiger partial charge in [0.2, 0.25) is 0 Å². The van der Waals surface area contributed by atoms with E-state index in [1.807, 2.05) is 0 Å². The molecule has 0 aliphatic heterocycles. The van der Waals surface area contributed by atoms with Gasteiger partial charge < -0.3 is 0 Å². The molecule has 3 unspecified atom stereocenters. The van der Waals surface area contributed by atoms with Crippen LogP contribution in [0.2, 0.25) is 0 Å². The van der Waals surface area contributed by atoms with Crippen LogP contribution in [0, 0.1) is 23.7 Å². The lowest BCUT2D eigenvalue weighted by atomic mass is 9.64. The highest BCUT2D eigenvalue weighted by Crippen LogP contribution is 2.46. The minimum Gasteiger partial charge on any atom is -0.0651 e. The Balaban J connectivity index is 1.52. The molecule has 0 heterocycles. The van der Waals surface area contributed by atoms with Crippen LogP contribution in [0.1, 0.15) is 95.6 Å². The molecule has 0 aromatic heterocycles. The van der Waals surface area contributed by atoms with Crippen LogP contribution in [0.25, 0.3) is 0 Å². The standard InChI is InChI=1S/C24H38/c1-4-6-20-7-10-21(11-8-20)22-12-14-23(15-13-22)24-16-9-19(5-2)17-18(24)3/h7-8,10-11,18-19,22-24H,4-6,9,12-17H2,1-3H3. The predicted octanol–water partition coefficient (Wildman–Crippen LogP) is 7.38. The van der Waals surface area contributed by atoms with Crippen molar-refractivity contribution >= 4 is 0 Å². The summed E-state index contributed by atoms with van der Waals surface area (Å²) in [5, 5.41) is 0. The maximum absolute atomic E-state index is 2.55. The van der Waals surface area contributed by atoms with E-state index in [0.29, 0.717) is 0 Å². The van der Waals surface area contributed by atoms with Crippen molar-refractivity contribution in [1.82, 2.24) is 0 Å². The fourth-order valence-corrected chi connectivity index (χ4v) is 5.73. The lowest BCUT2D eigenvalue weighted by molar-refractivity contribution is 0.104. The van der Waals surface area contributed by atoms with Crippen molar-refractivity contribution in [3.05, 3.63) is 35.4 Å². The second kappa shape index (κ2) is 8.54. The lowest BCUT2D eigenvalue weighted by Gasteiger charge is -2.41. The Morgan fingerprint density at radius 1 is 0.875 bits per heavy atom. The van der Waals surface area contributed by atoms with E-state index >= 15 is 0 Å². The summed E-state index contributed by atoms with van der Waals surface area (Å²) in [6.07, 6.45) is 14.2. The van der Waals surface area contributed by atoms with Gasteiger partial charge in [-0.3, -0.25) is 0 Å². The van der Waals surface area contributed by atoms with E-state index in [2.05, 4.69) is 45.0 Å². The monoisotopic (exact) mass is 326 g/mol. The maximum Gasteiger partial charge on any atom is -0.0162 e. The fraction of sp³-hybridized carbons (Fsp3) is 0.750. The second-order valence-electron chi connectivity index (χ2n) is 8.83. The summed E-state index contributed by atoms with van der Waals surface area (Å²) < 4.78 is 0. The Labute approximate surface area is 150 Å². The first-order chi connectivity index (χ1) is 11.7. The van der Waals surface area contributed by atoms with Gasteiger partial charge in [0.25, 0.3) is 0 Å². The van der Waals surface area contributed by atoms with Gasteiger partial charge in [0.1, 0.15) is 0 Å². The number of rotatable bonds is 5. The van der Waals surface area contributed by atoms with Crippen molar-refractivity contribution in [2.24, 2.45) is 23.7 Å². The SMILES string of the molecule is CCCc1ccc(C2CCC(C3CCC(CC)CC3C)CC2)cc1. The van der Waals surface area contributed by atoms with E-state index < -0.39 is 0 Å². The molecular formula is C24H38. The Morgan fingerprint density at radius 2 is 1.58 bits per heavy atom. The number of benzene rings is 1. The molecule has 1 aromatic rings. The Morgan fingerprint density at radius 3 is 2.17 bits per heavy atom. The average Bonchev–Trinajstić information content (AvgIpc) is 2.63. The van der Waals surface area contributed by atoms with E-state index in [-0.39, 0.29) is 0 Å². The smallest absolute Gasteiger partial charge is 0.0162 e. The van der Waals surface area contributed by atoms with Crippen molar-refractivity contribution in [2.45, 2.75) is 90.9 Å². The first-order valence-corrected chi connectivity index (χ1v) is 10.8. The summed E-state index contributed by atoms with van der Waals surface area (Å²) in [6.45, 7) is 7.20. The molecule has 0 spiro atoms. The van der Waals surface area contributed by atoms with Crippen molar-refractivity contribution < 1.29 is 0 Å². The molecule has 2 fully saturated rings. The van der Waals surface area contributed by atoms with Gasteiger partial charge >= 0.3 is 0 Å². The molecule has 0 saturated heterocycles. The summed E-state index contributed by atoms with van der Waals surface area (Å²) in [4.78, 5) is 0. The molecule has 3 rings (SSSR count). The van der Waals surface area contributed by atoms with Crippen molar-refractivity contribution in [1.29, 1.82) is 0 Å². The van der Waals surface area contributed by atoms with Crippen LogP contribution < -0.4 is 0 Å². The third-order valence-corrected chi connectivity index (χ3v) is 7.29. The predicted molar refractivity (Wildman–Crippen MR) is 105 cm³/mol. The number of aryl methyl sites for hydroxylation is 1. The van der Waals surface area contributed by atoms with Crippen LogP contribution in [-0.4, -0.2) is 0 Å². The van der Waals surface area contributed by atoms with Crippen LogP contribution in [0.4, 0.5) is 0 Å². The quantitative estimate of drug-likeness (QED) is 0.529. The van der Waals surface area contributed by atoms with Gasteiger partial charge in [-0.05, 0) is 85.7 Å². The number of hydrogen-bond acceptors (Lipinski definition) is 0. The normalized spacial score (nSPS) is 34.2. The molecule has 0 bridgehead atoms. The van der Waals surface area contributed by atoms with E-state index in [1.165, 1.54) is 69.8 Å². The minimum atomic E-state index is 0.833. The molecule has 0 heteroatoms. The zero-order valence-corrected chi connectivity index (χ0v) is 16.3. The van der Waals surface area contributed by atoms with Gasteiger partial charge in [-0.1, -0.05) is 64.3 Å². The summed E-state index contributed by atoms with van der Waals surface area (Å²) in [5.74, 6) is 4.88. The lowest BCUT2D eigenvalue weighted by Crippen LogP contribution is -2.31. The first-order valence-electron chi connectivity index (χ1n) is 10.8. The van der Waals surface area contributed by atoms with E-state index in [9.17, 15) is 0 Å². The molecule has 1 aromatic carbocycles. The summed E-state index contributed by atoms with van der Waals surface area (Å²) in [5.41, 5.74) is 3.12. The molecule has 2 aliphatic rings. The number of hydrogen-bond donors (Lipinski definition) is 0. The molecule has 0 nitrogen and oxygen atoms in total. The van der Waals surface area contributed by atoms with Gasteiger partial charge in [-0.25, -0.2) is 0 Å². The second-order valence-corrected chi connectivity index (χ2v) is 8.83. The van der Waals surface area contributed by atoms with Crippen LogP contribution in [-0.2, 0) is 6.42 Å². The summed E-state index contributed by atoms with van der Waals surface area (Å²) >= 11 is 0. The van der Waals surface area contributed by atoms with Gasteiger partial charge in [0.05, 0.1) is 0 Å². The molecule has 0 radical (unpaired) electrons. The third kappa shape index (κ3) is 4.24. The van der Waals surface area contributed by atoms with Gasteiger partial charge in [0, 0.05) is 0 Å². The zero-order chi connectivity index (χ0) is 16.9. The van der Waals surface area contributed by atoms with E-state index in [0.717, 1.165) is 29.6 Å². The summed E-state index contributed by atoms with van der Waals surface area (Å²) in [7, 11) is 0. The van der Waals surface area contributed by atoms with Crippen molar-refractivity contribution in [3.8, 4) is 0 Å². The molecule has 0 N–H and O–H groups in total. The molecule has 3 atom stereocenters. The van der Waals surface area contributed by atoms with Crippen LogP contribution in [0.3, 0.4) is 0 Å². The Kier molecular flexibility index (Phi) is 6.42. The minimum absolute atomic E-state index is 0.833. The van der Waals surface area contributed by atoms with E-state index in [1.54, 1.807) is 5.56 Å². The average molecular weight is 327 g/mol. The zero-order valence-electron chi connectivity index (χ0n) is 16.3. The van der Waals surface area contributed by atoms with Crippen LogP contribution >= 0.6 is 0 Å². The largest absolute Gasteiger partial charge is 0.0651 e. The molecule has 24 heavy (non-hydrogen) atoms. The highest BCUT2D eigenvalue weighted by atomic mass is 14.4. The van der Waals surface area contributed by atoms with Crippen molar-refractivity contribution in [2.75, 3.05) is 0 Å². The Hall–Kier alpha value is -0.780. The topological polar surface area (TPSA) is 0 Å². The third-order valence-electron chi connectivity index (χ3n) is 7.29. The van der Waals surface area contributed by atoms with Crippen LogP contribution in [0.5, 0.6) is 0 Å². The molecule has 134 valence electrons. The van der Waals surface area contributed by atoms with Gasteiger partial charge in [-0.2, -0.15) is 0 Å². The first kappa shape index (κ1) is 18.0. The highest BCUT2D eigenvalue weighted by Gasteiger charge is 2.34. The fourth-order valence-electron chi connectivity index (χ4n) is 5.73. The summed E-state index contributed by atoms with van der Waals surface area (Å²) in [6, 6.07) is 9.59. The molecule has 2 saturated carbocycles. The van der Waals surface area contributed by atoms with Crippen molar-refractivity contribution in [3.63, 3.8) is 0 Å². The molecular weight excluding hydrogens is 288 g/mol. The van der Waals surface area contributed by atoms with Gasteiger partial charge in [-0.15, -0.1) is 0 Å². The Bertz CT molecular complexity index is 477. The van der Waals surface area contributed by atoms with Gasteiger partial charge in [0.15, 0.2) is 0 Å². The molecule has 0 amide bonds. The van der Waals surface area contributed by atoms with Crippen LogP contribution in [0.15, 0.2) is 24.3 Å². The maximum atomic E-state index is 2.55.